The van der Waals surface area contributed by atoms with Crippen LogP contribution in [0.4, 0.5) is 0 Å². The van der Waals surface area contributed by atoms with Crippen LogP contribution in [0.5, 0.6) is 0 Å². The number of hydrogen-bond acceptors (Lipinski definition) is 4. The first kappa shape index (κ1) is 18.4. The van der Waals surface area contributed by atoms with E-state index < -0.39 is 0 Å². The predicted octanol–water partition coefficient (Wildman–Crippen LogP) is 2.48. The van der Waals surface area contributed by atoms with Gasteiger partial charge in [0.25, 0.3) is 0 Å². The molecule has 1 amide bonds. The average Bonchev–Trinajstić information content (AvgIpc) is 3.33. The number of fused-ring (bicyclic) bond motifs is 1. The number of amides is 1. The lowest BCUT2D eigenvalue weighted by molar-refractivity contribution is -0.138. The minimum Gasteiger partial charge on any atom is -0.361 e. The Balaban J connectivity index is 1.77. The van der Waals surface area contributed by atoms with Gasteiger partial charge in [0.1, 0.15) is 0 Å². The first-order chi connectivity index (χ1) is 12.5. The summed E-state index contributed by atoms with van der Waals surface area (Å²) in [6, 6.07) is 7.73. The Bertz CT molecular complexity index is 836. The lowest BCUT2D eigenvalue weighted by Crippen LogP contribution is -2.48. The van der Waals surface area contributed by atoms with E-state index in [1.54, 1.807) is 12.1 Å². The van der Waals surface area contributed by atoms with Gasteiger partial charge in [0.2, 0.25) is 5.91 Å². The molecule has 2 aromatic rings. The van der Waals surface area contributed by atoms with Crippen molar-refractivity contribution in [1.82, 2.24) is 15.4 Å². The van der Waals surface area contributed by atoms with E-state index in [0.29, 0.717) is 23.9 Å². The van der Waals surface area contributed by atoms with E-state index in [1.807, 2.05) is 38.2 Å². The van der Waals surface area contributed by atoms with Crippen molar-refractivity contribution in [1.29, 1.82) is 5.26 Å². The highest BCUT2D eigenvalue weighted by molar-refractivity contribution is 5.85. The SMILES string of the molecule is CCNN(C)C(=O)C(CC)C(N)C1CC1c1c[nH]c2ccc(C#N)cc12. The van der Waals surface area contributed by atoms with Gasteiger partial charge in [-0.1, -0.05) is 13.8 Å². The molecule has 0 saturated heterocycles. The third-order valence-corrected chi connectivity index (χ3v) is 5.52. The fourth-order valence-electron chi connectivity index (χ4n) is 3.99. The van der Waals surface area contributed by atoms with Crippen LogP contribution in [0.1, 0.15) is 43.7 Å². The highest BCUT2D eigenvalue weighted by Crippen LogP contribution is 2.52. The Hall–Kier alpha value is -2.36. The number of nitrogens with zero attached hydrogens (tertiary/aromatic N) is 2. The summed E-state index contributed by atoms with van der Waals surface area (Å²) in [5.41, 5.74) is 12.5. The summed E-state index contributed by atoms with van der Waals surface area (Å²) in [6.45, 7) is 4.69. The van der Waals surface area contributed by atoms with Crippen molar-refractivity contribution in [2.45, 2.75) is 38.6 Å². The molecular weight excluding hydrogens is 326 g/mol. The summed E-state index contributed by atoms with van der Waals surface area (Å²) >= 11 is 0. The molecule has 138 valence electrons. The number of aromatic amines is 1. The van der Waals surface area contributed by atoms with Crippen molar-refractivity contribution < 1.29 is 4.79 Å². The van der Waals surface area contributed by atoms with E-state index in [1.165, 1.54) is 5.56 Å². The largest absolute Gasteiger partial charge is 0.361 e. The van der Waals surface area contributed by atoms with Crippen LogP contribution in [0.15, 0.2) is 24.4 Å². The minimum absolute atomic E-state index is 0.0539. The fourth-order valence-corrected chi connectivity index (χ4v) is 3.99. The van der Waals surface area contributed by atoms with Crippen molar-refractivity contribution >= 4 is 16.8 Å². The monoisotopic (exact) mass is 353 g/mol. The molecule has 1 aliphatic carbocycles. The molecular formula is C20H27N5O. The number of carbonyl (C=O) groups is 1. The number of hydrazine groups is 1. The Morgan fingerprint density at radius 2 is 2.27 bits per heavy atom. The van der Waals surface area contributed by atoms with Gasteiger partial charge >= 0.3 is 0 Å². The molecule has 0 bridgehead atoms. The number of benzene rings is 1. The van der Waals surface area contributed by atoms with E-state index in [9.17, 15) is 4.79 Å². The maximum Gasteiger partial charge on any atom is 0.241 e. The number of nitrogens with one attached hydrogen (secondary N) is 2. The van der Waals surface area contributed by atoms with E-state index in [-0.39, 0.29) is 17.9 Å². The molecule has 1 aromatic carbocycles. The Labute approximate surface area is 154 Å². The van der Waals surface area contributed by atoms with Crippen LogP contribution in [0.2, 0.25) is 0 Å². The zero-order valence-corrected chi connectivity index (χ0v) is 15.6. The number of nitrogens with two attached hydrogens (primary N) is 1. The molecule has 26 heavy (non-hydrogen) atoms. The van der Waals surface area contributed by atoms with Gasteiger partial charge in [-0.25, -0.2) is 5.43 Å². The second kappa shape index (κ2) is 7.48. The number of carbonyl (C=O) groups excluding carboxylic acids is 1. The van der Waals surface area contributed by atoms with Gasteiger partial charge in [-0.05, 0) is 48.4 Å². The van der Waals surface area contributed by atoms with Crippen molar-refractivity contribution in [3.05, 3.63) is 35.5 Å². The van der Waals surface area contributed by atoms with Crippen LogP contribution in [0.3, 0.4) is 0 Å². The zero-order chi connectivity index (χ0) is 18.8. The molecule has 1 fully saturated rings. The molecule has 0 spiro atoms. The molecule has 1 saturated carbocycles. The van der Waals surface area contributed by atoms with Crippen molar-refractivity contribution in [3.63, 3.8) is 0 Å². The van der Waals surface area contributed by atoms with Gasteiger partial charge in [-0.3, -0.25) is 9.80 Å². The van der Waals surface area contributed by atoms with Crippen molar-refractivity contribution in [2.75, 3.05) is 13.6 Å². The summed E-state index contributed by atoms with van der Waals surface area (Å²) in [4.78, 5) is 16.0. The van der Waals surface area contributed by atoms with Gasteiger partial charge in [0, 0.05) is 36.7 Å². The van der Waals surface area contributed by atoms with Crippen LogP contribution < -0.4 is 11.2 Å². The molecule has 3 rings (SSSR count). The van der Waals surface area contributed by atoms with Gasteiger partial charge in [0.05, 0.1) is 17.6 Å². The van der Waals surface area contributed by atoms with Crippen LogP contribution >= 0.6 is 0 Å². The highest BCUT2D eigenvalue weighted by Gasteiger charge is 2.47. The van der Waals surface area contributed by atoms with Crippen molar-refractivity contribution in [3.8, 4) is 6.07 Å². The second-order valence-corrected chi connectivity index (χ2v) is 7.12. The molecule has 4 N–H and O–H groups in total. The fraction of sp³-hybridized carbons (Fsp3) is 0.500. The predicted molar refractivity (Wildman–Crippen MR) is 102 cm³/mol. The lowest BCUT2D eigenvalue weighted by Gasteiger charge is -2.27. The van der Waals surface area contributed by atoms with Crippen LogP contribution in [-0.2, 0) is 4.79 Å². The minimum atomic E-state index is -0.186. The Morgan fingerprint density at radius 3 is 2.92 bits per heavy atom. The van der Waals surface area contributed by atoms with E-state index >= 15 is 0 Å². The summed E-state index contributed by atoms with van der Waals surface area (Å²) in [6.07, 6.45) is 3.74. The number of rotatable bonds is 7. The number of hydrogen-bond donors (Lipinski definition) is 3. The first-order valence-electron chi connectivity index (χ1n) is 9.29. The quantitative estimate of drug-likeness (QED) is 0.666. The molecule has 0 aliphatic heterocycles. The van der Waals surface area contributed by atoms with Gasteiger partial charge in [0.15, 0.2) is 0 Å². The van der Waals surface area contributed by atoms with Gasteiger partial charge < -0.3 is 10.7 Å². The summed E-state index contributed by atoms with van der Waals surface area (Å²) < 4.78 is 0. The van der Waals surface area contributed by atoms with E-state index in [4.69, 9.17) is 11.0 Å². The topological polar surface area (TPSA) is 97.9 Å². The smallest absolute Gasteiger partial charge is 0.241 e. The number of aromatic nitrogens is 1. The Kier molecular flexibility index (Phi) is 5.30. The molecule has 0 radical (unpaired) electrons. The maximum absolute atomic E-state index is 12.7. The van der Waals surface area contributed by atoms with Crippen LogP contribution in [0, 0.1) is 23.2 Å². The maximum atomic E-state index is 12.7. The van der Waals surface area contributed by atoms with Crippen molar-refractivity contribution in [2.24, 2.45) is 17.6 Å². The lowest BCUT2D eigenvalue weighted by atomic mass is 9.91. The zero-order valence-electron chi connectivity index (χ0n) is 15.6. The van der Waals surface area contributed by atoms with Crippen LogP contribution in [0.25, 0.3) is 10.9 Å². The molecule has 4 atom stereocenters. The molecule has 1 heterocycles. The first-order valence-corrected chi connectivity index (χ1v) is 9.29. The molecule has 6 nitrogen and oxygen atoms in total. The Morgan fingerprint density at radius 1 is 1.50 bits per heavy atom. The number of nitriles is 1. The second-order valence-electron chi connectivity index (χ2n) is 7.12. The molecule has 1 aliphatic rings. The van der Waals surface area contributed by atoms with E-state index in [2.05, 4.69) is 16.5 Å². The molecule has 4 unspecified atom stereocenters. The third kappa shape index (κ3) is 3.33. The van der Waals surface area contributed by atoms with Gasteiger partial charge in [-0.2, -0.15) is 5.26 Å². The standard InChI is InChI=1S/C20H27N5O/c1-4-13(20(26)25(3)24-5-2)19(22)16-9-14(16)17-11-23-18-7-6-12(10-21)8-15(17)18/h6-8,11,13-14,16,19,23-24H,4-5,9,22H2,1-3H3. The van der Waals surface area contributed by atoms with Crippen LogP contribution in [-0.4, -0.2) is 35.5 Å². The summed E-state index contributed by atoms with van der Waals surface area (Å²) in [5.74, 6) is 0.509. The number of H-pyrrole nitrogens is 1. The van der Waals surface area contributed by atoms with Gasteiger partial charge in [-0.15, -0.1) is 0 Å². The van der Waals surface area contributed by atoms with E-state index in [0.717, 1.165) is 23.7 Å². The third-order valence-electron chi connectivity index (χ3n) is 5.52. The normalized spacial score (nSPS) is 21.2. The highest BCUT2D eigenvalue weighted by atomic mass is 16.2. The summed E-state index contributed by atoms with van der Waals surface area (Å²) in [7, 11) is 1.76. The molecule has 1 aromatic heterocycles. The average molecular weight is 353 g/mol. The molecule has 6 heteroatoms. The summed E-state index contributed by atoms with van der Waals surface area (Å²) in [5, 5.41) is 11.8.